The Morgan fingerprint density at radius 3 is 2.70 bits per heavy atom. The number of carbonyl (C=O) groups excluding carboxylic acids is 3. The Kier molecular flexibility index (Phi) is 7.35. The molecule has 0 bridgehead atoms. The van der Waals surface area contributed by atoms with Gasteiger partial charge in [0, 0.05) is 5.56 Å². The van der Waals surface area contributed by atoms with Crippen LogP contribution in [0.5, 0.6) is 11.5 Å². The van der Waals surface area contributed by atoms with Gasteiger partial charge in [-0.3, -0.25) is 14.5 Å². The number of nitrogens with one attached hydrogen (secondary N) is 2. The average molecular weight is 395 g/mol. The van der Waals surface area contributed by atoms with Gasteiger partial charge in [-0.1, -0.05) is 0 Å². The number of ether oxygens (including phenoxy) is 2. The number of imide groups is 1. The lowest BCUT2D eigenvalue weighted by atomic mass is 10.1. The van der Waals surface area contributed by atoms with Crippen LogP contribution in [0.4, 0.5) is 4.79 Å². The largest absolute Gasteiger partial charge is 0.497 e. The topological polar surface area (TPSA) is 97.0 Å². The maximum Gasteiger partial charge on any atom is 0.325 e. The predicted octanol–water partition coefficient (Wildman–Crippen LogP) is 1.55. The average Bonchev–Trinajstić information content (AvgIpc) is 2.93. The molecule has 2 atom stereocenters. The SMILES string of the molecule is COc1ccc(OC)c([C@@H](C)NC(=O)CN2C(=O)N[C@H](CCSC)C2=O)c1. The second-order valence-electron chi connectivity index (χ2n) is 6.11. The molecule has 1 aromatic carbocycles. The van der Waals surface area contributed by atoms with Crippen LogP contribution in [-0.4, -0.2) is 61.6 Å². The molecule has 0 aromatic heterocycles. The Morgan fingerprint density at radius 1 is 1.33 bits per heavy atom. The summed E-state index contributed by atoms with van der Waals surface area (Å²) in [6, 6.07) is 3.80. The van der Waals surface area contributed by atoms with Crippen LogP contribution in [-0.2, 0) is 9.59 Å². The lowest BCUT2D eigenvalue weighted by Gasteiger charge is -2.20. The minimum Gasteiger partial charge on any atom is -0.497 e. The molecule has 1 fully saturated rings. The van der Waals surface area contributed by atoms with Crippen molar-refractivity contribution < 1.29 is 23.9 Å². The number of urea groups is 1. The molecule has 27 heavy (non-hydrogen) atoms. The van der Waals surface area contributed by atoms with E-state index in [9.17, 15) is 14.4 Å². The highest BCUT2D eigenvalue weighted by atomic mass is 32.2. The predicted molar refractivity (Wildman–Crippen MR) is 103 cm³/mol. The molecule has 1 saturated heterocycles. The van der Waals surface area contributed by atoms with Gasteiger partial charge in [-0.15, -0.1) is 0 Å². The summed E-state index contributed by atoms with van der Waals surface area (Å²) in [5, 5.41) is 5.42. The number of thioether (sulfide) groups is 1. The van der Waals surface area contributed by atoms with Crippen LogP contribution in [0, 0.1) is 0 Å². The Balaban J connectivity index is 2.01. The van der Waals surface area contributed by atoms with E-state index in [4.69, 9.17) is 9.47 Å². The molecule has 0 radical (unpaired) electrons. The van der Waals surface area contributed by atoms with Gasteiger partial charge in [-0.25, -0.2) is 4.79 Å². The van der Waals surface area contributed by atoms with Crippen molar-refractivity contribution in [3.05, 3.63) is 23.8 Å². The normalized spacial score (nSPS) is 17.5. The number of nitrogens with zero attached hydrogens (tertiary/aromatic N) is 1. The van der Waals surface area contributed by atoms with Crippen LogP contribution in [0.2, 0.25) is 0 Å². The van der Waals surface area contributed by atoms with E-state index in [1.165, 1.54) is 0 Å². The number of hydrogen-bond acceptors (Lipinski definition) is 6. The standard InChI is InChI=1S/C18H25N3O5S/c1-11(13-9-12(25-2)5-6-15(13)26-3)19-16(22)10-21-17(23)14(7-8-27-4)20-18(21)24/h5-6,9,11,14H,7-8,10H2,1-4H3,(H,19,22)(H,20,24)/t11-,14-/m1/s1. The van der Waals surface area contributed by atoms with E-state index < -0.39 is 24.0 Å². The molecular formula is C18H25N3O5S. The molecule has 1 aliphatic rings. The monoisotopic (exact) mass is 395 g/mol. The van der Waals surface area contributed by atoms with Crippen LogP contribution in [0.15, 0.2) is 18.2 Å². The molecule has 0 spiro atoms. The van der Waals surface area contributed by atoms with Crippen molar-refractivity contribution in [2.24, 2.45) is 0 Å². The second-order valence-corrected chi connectivity index (χ2v) is 7.09. The van der Waals surface area contributed by atoms with Crippen LogP contribution in [0.1, 0.15) is 24.9 Å². The zero-order chi connectivity index (χ0) is 20.0. The lowest BCUT2D eigenvalue weighted by molar-refractivity contribution is -0.132. The van der Waals surface area contributed by atoms with E-state index in [-0.39, 0.29) is 12.5 Å². The second kappa shape index (κ2) is 9.50. The molecule has 2 rings (SSSR count). The summed E-state index contributed by atoms with van der Waals surface area (Å²) >= 11 is 1.60. The molecule has 4 amide bonds. The summed E-state index contributed by atoms with van der Waals surface area (Å²) in [7, 11) is 3.10. The fourth-order valence-electron chi connectivity index (χ4n) is 2.84. The molecule has 0 unspecified atom stereocenters. The fourth-order valence-corrected chi connectivity index (χ4v) is 3.32. The Hall–Kier alpha value is -2.42. The van der Waals surface area contributed by atoms with Gasteiger partial charge in [-0.2, -0.15) is 11.8 Å². The summed E-state index contributed by atoms with van der Waals surface area (Å²) in [6.07, 6.45) is 2.47. The van der Waals surface area contributed by atoms with E-state index >= 15 is 0 Å². The van der Waals surface area contributed by atoms with Gasteiger partial charge in [0.1, 0.15) is 24.1 Å². The molecule has 9 heteroatoms. The van der Waals surface area contributed by atoms with Gasteiger partial charge < -0.3 is 20.1 Å². The van der Waals surface area contributed by atoms with Gasteiger partial charge in [0.15, 0.2) is 0 Å². The minimum atomic E-state index is -0.561. The molecule has 1 aromatic rings. The molecule has 0 aliphatic carbocycles. The number of rotatable bonds is 9. The number of amides is 4. The maximum absolute atomic E-state index is 12.4. The Morgan fingerprint density at radius 2 is 2.07 bits per heavy atom. The van der Waals surface area contributed by atoms with Crippen molar-refractivity contribution in [3.63, 3.8) is 0 Å². The quantitative estimate of drug-likeness (QED) is 0.616. The van der Waals surface area contributed by atoms with Crippen LogP contribution in [0.3, 0.4) is 0 Å². The first-order valence-electron chi connectivity index (χ1n) is 8.53. The molecule has 1 aliphatic heterocycles. The molecule has 0 saturated carbocycles. The number of carbonyl (C=O) groups is 3. The third kappa shape index (κ3) is 5.06. The van der Waals surface area contributed by atoms with Crippen molar-refractivity contribution in [1.82, 2.24) is 15.5 Å². The number of benzene rings is 1. The lowest BCUT2D eigenvalue weighted by Crippen LogP contribution is -2.41. The van der Waals surface area contributed by atoms with E-state index in [0.29, 0.717) is 17.9 Å². The minimum absolute atomic E-state index is 0.322. The third-order valence-corrected chi connectivity index (χ3v) is 4.94. The highest BCUT2D eigenvalue weighted by Gasteiger charge is 2.38. The zero-order valence-electron chi connectivity index (χ0n) is 15.9. The van der Waals surface area contributed by atoms with Gasteiger partial charge in [0.25, 0.3) is 5.91 Å². The Bertz CT molecular complexity index is 712. The number of methoxy groups -OCH3 is 2. The maximum atomic E-state index is 12.4. The van der Waals surface area contributed by atoms with Gasteiger partial charge in [0.2, 0.25) is 5.91 Å². The summed E-state index contributed by atoms with van der Waals surface area (Å²) in [4.78, 5) is 37.7. The number of hydrogen-bond donors (Lipinski definition) is 2. The van der Waals surface area contributed by atoms with Crippen molar-refractivity contribution in [2.75, 3.05) is 32.8 Å². The molecule has 8 nitrogen and oxygen atoms in total. The highest BCUT2D eigenvalue weighted by Crippen LogP contribution is 2.29. The first-order valence-corrected chi connectivity index (χ1v) is 9.92. The van der Waals surface area contributed by atoms with E-state index in [1.807, 2.05) is 6.26 Å². The van der Waals surface area contributed by atoms with Gasteiger partial charge in [0.05, 0.1) is 20.3 Å². The molecule has 148 valence electrons. The summed E-state index contributed by atoms with van der Waals surface area (Å²) in [6.45, 7) is 1.47. The van der Waals surface area contributed by atoms with E-state index in [1.54, 1.807) is 51.1 Å². The molecular weight excluding hydrogens is 370 g/mol. The van der Waals surface area contributed by atoms with Crippen LogP contribution >= 0.6 is 11.8 Å². The van der Waals surface area contributed by atoms with Crippen molar-refractivity contribution in [3.8, 4) is 11.5 Å². The van der Waals surface area contributed by atoms with E-state index in [2.05, 4.69) is 10.6 Å². The first kappa shape index (κ1) is 20.9. The first-order chi connectivity index (χ1) is 12.9. The fraction of sp³-hybridized carbons (Fsp3) is 0.500. The summed E-state index contributed by atoms with van der Waals surface area (Å²) in [5.41, 5.74) is 0.736. The van der Waals surface area contributed by atoms with Crippen molar-refractivity contribution >= 4 is 29.6 Å². The van der Waals surface area contributed by atoms with Crippen molar-refractivity contribution in [1.29, 1.82) is 0 Å². The third-order valence-electron chi connectivity index (χ3n) is 4.30. The van der Waals surface area contributed by atoms with Gasteiger partial charge in [-0.05, 0) is 43.6 Å². The van der Waals surface area contributed by atoms with E-state index in [0.717, 1.165) is 16.2 Å². The highest BCUT2D eigenvalue weighted by molar-refractivity contribution is 7.98. The van der Waals surface area contributed by atoms with Crippen LogP contribution in [0.25, 0.3) is 0 Å². The molecule has 1 heterocycles. The summed E-state index contributed by atoms with van der Waals surface area (Å²) < 4.78 is 10.5. The van der Waals surface area contributed by atoms with Crippen LogP contribution < -0.4 is 20.1 Å². The Labute approximate surface area is 162 Å². The van der Waals surface area contributed by atoms with Gasteiger partial charge >= 0.3 is 6.03 Å². The summed E-state index contributed by atoms with van der Waals surface area (Å²) in [5.74, 6) is 1.20. The smallest absolute Gasteiger partial charge is 0.325 e. The van der Waals surface area contributed by atoms with Crippen molar-refractivity contribution in [2.45, 2.75) is 25.4 Å². The molecule has 2 N–H and O–H groups in total. The zero-order valence-corrected chi connectivity index (χ0v) is 16.7.